The number of benzene rings is 1. The molecule has 0 bridgehead atoms. The maximum atomic E-state index is 12.2. The third-order valence-corrected chi connectivity index (χ3v) is 4.37. The maximum Gasteiger partial charge on any atom is 0.340 e. The van der Waals surface area contributed by atoms with Crippen molar-refractivity contribution in [1.82, 2.24) is 10.2 Å². The minimum atomic E-state index is -0.378. The van der Waals surface area contributed by atoms with Crippen molar-refractivity contribution in [1.29, 1.82) is 0 Å². The van der Waals surface area contributed by atoms with Gasteiger partial charge >= 0.3 is 5.97 Å². The number of para-hydroxylation sites is 1. The van der Waals surface area contributed by atoms with E-state index >= 15 is 0 Å². The van der Waals surface area contributed by atoms with E-state index in [1.165, 1.54) is 11.3 Å². The number of carbonyl (C=O) groups excluding carboxylic acids is 1. The molecule has 1 N–H and O–H groups in total. The molecule has 0 aliphatic heterocycles. The van der Waals surface area contributed by atoms with E-state index in [0.717, 1.165) is 10.3 Å². The van der Waals surface area contributed by atoms with Crippen LogP contribution in [-0.2, 0) is 4.74 Å². The zero-order valence-corrected chi connectivity index (χ0v) is 12.2. The van der Waals surface area contributed by atoms with Gasteiger partial charge in [-0.25, -0.2) is 4.79 Å². The lowest BCUT2D eigenvalue weighted by Gasteiger charge is -2.11. The van der Waals surface area contributed by atoms with Gasteiger partial charge in [0.25, 0.3) is 0 Å². The fourth-order valence-electron chi connectivity index (χ4n) is 1.97. The van der Waals surface area contributed by atoms with Crippen molar-refractivity contribution in [3.63, 3.8) is 0 Å². The molecule has 0 aliphatic rings. The number of fused-ring (bicyclic) bond motifs is 1. The van der Waals surface area contributed by atoms with Crippen LogP contribution in [0.2, 0.25) is 4.34 Å². The second-order valence-electron chi connectivity index (χ2n) is 4.33. The Morgan fingerprint density at radius 1 is 1.40 bits per heavy atom. The van der Waals surface area contributed by atoms with E-state index in [1.807, 2.05) is 19.1 Å². The van der Waals surface area contributed by atoms with Gasteiger partial charge in [-0.1, -0.05) is 23.7 Å². The summed E-state index contributed by atoms with van der Waals surface area (Å²) in [7, 11) is 0. The van der Waals surface area contributed by atoms with Crippen LogP contribution in [0.1, 0.15) is 28.3 Å². The molecule has 6 heteroatoms. The molecule has 1 aromatic carbocycles. The fraction of sp³-hybridized carbons (Fsp3) is 0.143. The van der Waals surface area contributed by atoms with Crippen LogP contribution in [0.25, 0.3) is 10.9 Å². The predicted molar refractivity (Wildman–Crippen MR) is 79.3 cm³/mol. The van der Waals surface area contributed by atoms with Crippen LogP contribution in [0.4, 0.5) is 0 Å². The summed E-state index contributed by atoms with van der Waals surface area (Å²) < 4.78 is 6.16. The third-order valence-electron chi connectivity index (χ3n) is 2.98. The van der Waals surface area contributed by atoms with E-state index in [0.29, 0.717) is 15.4 Å². The predicted octanol–water partition coefficient (Wildman–Crippen LogP) is 4.20. The first-order chi connectivity index (χ1) is 9.65. The van der Waals surface area contributed by atoms with Crippen molar-refractivity contribution in [2.75, 3.05) is 0 Å². The summed E-state index contributed by atoms with van der Waals surface area (Å²) >= 11 is 7.29. The van der Waals surface area contributed by atoms with Gasteiger partial charge in [0, 0.05) is 10.3 Å². The van der Waals surface area contributed by atoms with Gasteiger partial charge in [-0.2, -0.15) is 5.10 Å². The van der Waals surface area contributed by atoms with Gasteiger partial charge in [0.2, 0.25) is 0 Å². The fourth-order valence-corrected chi connectivity index (χ4v) is 3.01. The molecule has 2 aromatic heterocycles. The summed E-state index contributed by atoms with van der Waals surface area (Å²) in [5.41, 5.74) is 1.17. The second-order valence-corrected chi connectivity index (χ2v) is 6.08. The normalized spacial score (nSPS) is 12.5. The summed E-state index contributed by atoms with van der Waals surface area (Å²) in [5, 5.41) is 7.63. The monoisotopic (exact) mass is 306 g/mol. The van der Waals surface area contributed by atoms with Crippen molar-refractivity contribution < 1.29 is 9.53 Å². The summed E-state index contributed by atoms with van der Waals surface area (Å²) in [4.78, 5) is 13.2. The first kappa shape index (κ1) is 13.1. The topological polar surface area (TPSA) is 55.0 Å². The second kappa shape index (κ2) is 5.26. The molecule has 2 heterocycles. The Morgan fingerprint density at radius 3 is 3.00 bits per heavy atom. The van der Waals surface area contributed by atoms with Crippen LogP contribution >= 0.6 is 22.9 Å². The Kier molecular flexibility index (Phi) is 3.46. The quantitative estimate of drug-likeness (QED) is 0.738. The highest BCUT2D eigenvalue weighted by molar-refractivity contribution is 7.16. The molecule has 20 heavy (non-hydrogen) atoms. The van der Waals surface area contributed by atoms with Crippen LogP contribution in [0.3, 0.4) is 0 Å². The molecule has 3 aromatic rings. The highest BCUT2D eigenvalue weighted by atomic mass is 35.5. The first-order valence-electron chi connectivity index (χ1n) is 6.03. The average Bonchev–Trinajstić information content (AvgIpc) is 3.06. The number of aromatic nitrogens is 2. The number of carbonyl (C=O) groups is 1. The standard InChI is InChI=1S/C14H11ClN2O2S/c1-8(11-5-6-12(15)20-11)19-14(18)10-4-2-3-9-7-16-17-13(9)10/h2-8H,1H3,(H,16,17). The van der Waals surface area contributed by atoms with Crippen molar-refractivity contribution in [3.8, 4) is 0 Å². The minimum absolute atomic E-state index is 0.335. The van der Waals surface area contributed by atoms with Gasteiger partial charge in [-0.05, 0) is 25.1 Å². The number of hydrogen-bond acceptors (Lipinski definition) is 4. The molecule has 0 aliphatic carbocycles. The first-order valence-corrected chi connectivity index (χ1v) is 7.23. The molecule has 0 saturated carbocycles. The molecule has 0 saturated heterocycles. The van der Waals surface area contributed by atoms with E-state index < -0.39 is 0 Å². The molecular weight excluding hydrogens is 296 g/mol. The van der Waals surface area contributed by atoms with Crippen LogP contribution in [-0.4, -0.2) is 16.2 Å². The Bertz CT molecular complexity index is 765. The molecule has 0 spiro atoms. The summed E-state index contributed by atoms with van der Waals surface area (Å²) in [5.74, 6) is -0.378. The maximum absolute atomic E-state index is 12.2. The lowest BCUT2D eigenvalue weighted by Crippen LogP contribution is -2.09. The van der Waals surface area contributed by atoms with E-state index in [2.05, 4.69) is 10.2 Å². The lowest BCUT2D eigenvalue weighted by molar-refractivity contribution is 0.0347. The number of esters is 1. The highest BCUT2D eigenvalue weighted by Gasteiger charge is 2.18. The number of thiophene rings is 1. The summed E-state index contributed by atoms with van der Waals surface area (Å²) in [6.07, 6.45) is 1.34. The zero-order chi connectivity index (χ0) is 14.1. The van der Waals surface area contributed by atoms with E-state index in [9.17, 15) is 4.79 Å². The van der Waals surface area contributed by atoms with Crippen LogP contribution in [0.15, 0.2) is 36.5 Å². The van der Waals surface area contributed by atoms with Gasteiger partial charge < -0.3 is 4.74 Å². The van der Waals surface area contributed by atoms with E-state index in [-0.39, 0.29) is 12.1 Å². The average molecular weight is 307 g/mol. The summed E-state index contributed by atoms with van der Waals surface area (Å²) in [6, 6.07) is 9.07. The molecule has 0 amide bonds. The number of H-pyrrole nitrogens is 1. The van der Waals surface area contributed by atoms with Gasteiger partial charge in [0.05, 0.1) is 21.6 Å². The smallest absolute Gasteiger partial charge is 0.340 e. The molecular formula is C14H11ClN2O2S. The molecule has 4 nitrogen and oxygen atoms in total. The van der Waals surface area contributed by atoms with E-state index in [1.54, 1.807) is 24.4 Å². The van der Waals surface area contributed by atoms with Crippen molar-refractivity contribution in [2.24, 2.45) is 0 Å². The van der Waals surface area contributed by atoms with E-state index in [4.69, 9.17) is 16.3 Å². The minimum Gasteiger partial charge on any atom is -0.453 e. The zero-order valence-electron chi connectivity index (χ0n) is 10.6. The molecule has 3 rings (SSSR count). The van der Waals surface area contributed by atoms with Gasteiger partial charge in [0.15, 0.2) is 0 Å². The number of aromatic amines is 1. The number of nitrogens with one attached hydrogen (secondary N) is 1. The van der Waals surface area contributed by atoms with Crippen molar-refractivity contribution in [3.05, 3.63) is 51.3 Å². The Morgan fingerprint density at radius 2 is 2.25 bits per heavy atom. The largest absolute Gasteiger partial charge is 0.453 e. The van der Waals surface area contributed by atoms with Crippen LogP contribution in [0.5, 0.6) is 0 Å². The SMILES string of the molecule is CC(OC(=O)c1cccc2cn[nH]c12)c1ccc(Cl)s1. The Labute approximate surface area is 124 Å². The van der Waals surface area contributed by atoms with Crippen molar-refractivity contribution in [2.45, 2.75) is 13.0 Å². The van der Waals surface area contributed by atoms with Gasteiger partial charge in [-0.15, -0.1) is 11.3 Å². The number of ether oxygens (including phenoxy) is 1. The molecule has 0 fully saturated rings. The number of hydrogen-bond donors (Lipinski definition) is 1. The number of rotatable bonds is 3. The number of halogens is 1. The summed E-state index contributed by atoms with van der Waals surface area (Å²) in [6.45, 7) is 1.83. The molecule has 1 atom stereocenters. The molecule has 1 unspecified atom stereocenters. The van der Waals surface area contributed by atoms with Crippen molar-refractivity contribution >= 4 is 39.8 Å². The lowest BCUT2D eigenvalue weighted by atomic mass is 10.1. The Balaban J connectivity index is 1.84. The molecule has 0 radical (unpaired) electrons. The van der Waals surface area contributed by atoms with Gasteiger partial charge in [0.1, 0.15) is 6.10 Å². The van der Waals surface area contributed by atoms with Crippen LogP contribution in [0, 0.1) is 0 Å². The van der Waals surface area contributed by atoms with Gasteiger partial charge in [-0.3, -0.25) is 5.10 Å². The molecule has 102 valence electrons. The Hall–Kier alpha value is -1.85. The van der Waals surface area contributed by atoms with Crippen LogP contribution < -0.4 is 0 Å². The number of nitrogens with zero attached hydrogens (tertiary/aromatic N) is 1. The third kappa shape index (κ3) is 2.42. The highest BCUT2D eigenvalue weighted by Crippen LogP contribution is 2.29.